The second-order valence-corrected chi connectivity index (χ2v) is 1.59. The lowest BCUT2D eigenvalue weighted by Crippen LogP contribution is -1.97. The van der Waals surface area contributed by atoms with E-state index in [2.05, 4.69) is 10.4 Å². The maximum Gasteiger partial charge on any atom is 0.123 e. The summed E-state index contributed by atoms with van der Waals surface area (Å²) in [5, 5.41) is 6.92. The molecule has 0 amide bonds. The van der Waals surface area contributed by atoms with Gasteiger partial charge in [-0.3, -0.25) is 4.68 Å². The highest BCUT2D eigenvalue weighted by Gasteiger charge is 1.88. The van der Waals surface area contributed by atoms with Crippen molar-refractivity contribution in [2.24, 2.45) is 7.05 Å². The molecule has 0 saturated carbocycles. The second kappa shape index (κ2) is 10.0. The molecule has 12 heavy (non-hydrogen) atoms. The van der Waals surface area contributed by atoms with Crippen LogP contribution in [0.15, 0.2) is 12.3 Å². The summed E-state index contributed by atoms with van der Waals surface area (Å²) in [7, 11) is 3.77. The topological polar surface area (TPSA) is 29.9 Å². The molecule has 0 spiro atoms. The minimum absolute atomic E-state index is 1.03. The minimum atomic E-state index is 1.03. The van der Waals surface area contributed by atoms with Gasteiger partial charge in [-0.2, -0.15) is 5.10 Å². The molecule has 0 aliphatic heterocycles. The Kier molecular flexibility index (Phi) is 11.3. The SMILES string of the molecule is CC.CC.CNc1ccnn1C. The van der Waals surface area contributed by atoms with Gasteiger partial charge in [0.15, 0.2) is 0 Å². The van der Waals surface area contributed by atoms with Crippen LogP contribution >= 0.6 is 0 Å². The van der Waals surface area contributed by atoms with E-state index in [4.69, 9.17) is 0 Å². The third-order valence-electron chi connectivity index (χ3n) is 1.08. The number of nitrogens with one attached hydrogen (secondary N) is 1. The molecule has 0 unspecified atom stereocenters. The Labute approximate surface area is 75.8 Å². The van der Waals surface area contributed by atoms with Crippen molar-refractivity contribution in [2.75, 3.05) is 12.4 Å². The molecule has 0 aliphatic rings. The maximum absolute atomic E-state index is 3.94. The second-order valence-electron chi connectivity index (χ2n) is 1.59. The first-order valence-electron chi connectivity index (χ1n) is 4.50. The summed E-state index contributed by atoms with van der Waals surface area (Å²) in [6.45, 7) is 8.00. The molecular formula is C9H21N3. The van der Waals surface area contributed by atoms with Gasteiger partial charge in [0, 0.05) is 20.2 Å². The lowest BCUT2D eigenvalue weighted by atomic mass is 10.6. The van der Waals surface area contributed by atoms with Gasteiger partial charge in [-0.25, -0.2) is 0 Å². The molecule has 1 N–H and O–H groups in total. The van der Waals surface area contributed by atoms with Crippen LogP contribution in [0.1, 0.15) is 27.7 Å². The Bertz CT molecular complexity index is 170. The lowest BCUT2D eigenvalue weighted by molar-refractivity contribution is 0.775. The van der Waals surface area contributed by atoms with E-state index in [9.17, 15) is 0 Å². The fraction of sp³-hybridized carbons (Fsp3) is 0.667. The predicted molar refractivity (Wildman–Crippen MR) is 55.5 cm³/mol. The Morgan fingerprint density at radius 2 is 1.75 bits per heavy atom. The van der Waals surface area contributed by atoms with Gasteiger partial charge in [-0.15, -0.1) is 0 Å². The zero-order valence-corrected chi connectivity index (χ0v) is 9.05. The van der Waals surface area contributed by atoms with E-state index in [-0.39, 0.29) is 0 Å². The molecule has 0 bridgehead atoms. The molecule has 3 heteroatoms. The Morgan fingerprint density at radius 1 is 1.25 bits per heavy atom. The lowest BCUT2D eigenvalue weighted by Gasteiger charge is -1.96. The van der Waals surface area contributed by atoms with Gasteiger partial charge in [0.05, 0.1) is 6.20 Å². The van der Waals surface area contributed by atoms with Gasteiger partial charge in [0.25, 0.3) is 0 Å². The molecule has 3 nitrogen and oxygen atoms in total. The van der Waals surface area contributed by atoms with E-state index >= 15 is 0 Å². The van der Waals surface area contributed by atoms with Crippen LogP contribution in [0.25, 0.3) is 0 Å². The van der Waals surface area contributed by atoms with Crippen molar-refractivity contribution in [2.45, 2.75) is 27.7 Å². The van der Waals surface area contributed by atoms with Crippen LogP contribution in [0.5, 0.6) is 0 Å². The van der Waals surface area contributed by atoms with Crippen LogP contribution in [0.3, 0.4) is 0 Å². The van der Waals surface area contributed by atoms with Gasteiger partial charge >= 0.3 is 0 Å². The highest BCUT2D eigenvalue weighted by atomic mass is 15.3. The predicted octanol–water partition coefficient (Wildman–Crippen LogP) is 2.51. The molecule has 1 aromatic heterocycles. The summed E-state index contributed by atoms with van der Waals surface area (Å²) in [6, 6.07) is 1.92. The smallest absolute Gasteiger partial charge is 0.123 e. The molecule has 0 atom stereocenters. The zero-order chi connectivity index (χ0) is 9.98. The Morgan fingerprint density at radius 3 is 1.92 bits per heavy atom. The number of aromatic nitrogens is 2. The normalized spacial score (nSPS) is 7.17. The van der Waals surface area contributed by atoms with Gasteiger partial charge < -0.3 is 5.32 Å². The molecule has 72 valence electrons. The zero-order valence-electron chi connectivity index (χ0n) is 9.05. The van der Waals surface area contributed by atoms with Gasteiger partial charge in [-0.05, 0) is 0 Å². The standard InChI is InChI=1S/C5H9N3.2C2H6/c1-6-5-3-4-7-8(5)2;2*1-2/h3-4,6H,1-2H3;2*1-2H3. The first-order valence-corrected chi connectivity index (χ1v) is 4.50. The van der Waals surface area contributed by atoms with Crippen molar-refractivity contribution >= 4 is 5.82 Å². The molecule has 1 rings (SSSR count). The molecule has 1 heterocycles. The molecule has 0 fully saturated rings. The average molecular weight is 171 g/mol. The first kappa shape index (κ1) is 13.6. The van der Waals surface area contributed by atoms with Gasteiger partial charge in [-0.1, -0.05) is 27.7 Å². The van der Waals surface area contributed by atoms with Crippen molar-refractivity contribution in [1.29, 1.82) is 0 Å². The van der Waals surface area contributed by atoms with Crippen molar-refractivity contribution in [3.8, 4) is 0 Å². The molecule has 1 aromatic rings. The minimum Gasteiger partial charge on any atom is -0.373 e. The molecule has 0 radical (unpaired) electrons. The summed E-state index contributed by atoms with van der Waals surface area (Å²) in [4.78, 5) is 0. The number of nitrogens with zero attached hydrogens (tertiary/aromatic N) is 2. The number of hydrogen-bond donors (Lipinski definition) is 1. The van der Waals surface area contributed by atoms with Crippen molar-refractivity contribution < 1.29 is 0 Å². The van der Waals surface area contributed by atoms with Gasteiger partial charge in [0.1, 0.15) is 5.82 Å². The van der Waals surface area contributed by atoms with Crippen LogP contribution in [-0.2, 0) is 7.05 Å². The highest BCUT2D eigenvalue weighted by molar-refractivity contribution is 5.31. The highest BCUT2D eigenvalue weighted by Crippen LogP contribution is 1.99. The third-order valence-corrected chi connectivity index (χ3v) is 1.08. The number of anilines is 1. The fourth-order valence-corrected chi connectivity index (χ4v) is 0.619. The van der Waals surface area contributed by atoms with E-state index < -0.39 is 0 Å². The number of aryl methyl sites for hydroxylation is 1. The maximum atomic E-state index is 3.94. The van der Waals surface area contributed by atoms with Crippen LogP contribution in [0, 0.1) is 0 Å². The number of hydrogen-bond acceptors (Lipinski definition) is 2. The first-order chi connectivity index (χ1) is 5.84. The summed E-state index contributed by atoms with van der Waals surface area (Å²) >= 11 is 0. The molecule has 0 aromatic carbocycles. The Hall–Kier alpha value is -0.990. The van der Waals surface area contributed by atoms with Crippen LogP contribution in [0.4, 0.5) is 5.82 Å². The largest absolute Gasteiger partial charge is 0.373 e. The Balaban J connectivity index is 0. The van der Waals surface area contributed by atoms with Crippen molar-refractivity contribution in [1.82, 2.24) is 9.78 Å². The molecule has 0 aliphatic carbocycles. The van der Waals surface area contributed by atoms with Crippen LogP contribution in [-0.4, -0.2) is 16.8 Å². The van der Waals surface area contributed by atoms with E-state index in [1.165, 1.54) is 0 Å². The molecule has 0 saturated heterocycles. The monoisotopic (exact) mass is 171 g/mol. The van der Waals surface area contributed by atoms with Gasteiger partial charge in [0.2, 0.25) is 0 Å². The summed E-state index contributed by atoms with van der Waals surface area (Å²) < 4.78 is 1.78. The summed E-state index contributed by atoms with van der Waals surface area (Å²) in [5.74, 6) is 1.03. The number of rotatable bonds is 1. The quantitative estimate of drug-likeness (QED) is 0.703. The van der Waals surface area contributed by atoms with Crippen molar-refractivity contribution in [3.63, 3.8) is 0 Å². The third kappa shape index (κ3) is 4.77. The van der Waals surface area contributed by atoms with Crippen molar-refractivity contribution in [3.05, 3.63) is 12.3 Å². The van der Waals surface area contributed by atoms with E-state index in [0.717, 1.165) is 5.82 Å². The van der Waals surface area contributed by atoms with E-state index in [1.54, 1.807) is 10.9 Å². The van der Waals surface area contributed by atoms with Crippen LogP contribution in [0.2, 0.25) is 0 Å². The average Bonchev–Trinajstić information content (AvgIpc) is 2.58. The molecular weight excluding hydrogens is 150 g/mol. The van der Waals surface area contributed by atoms with E-state index in [1.807, 2.05) is 47.9 Å². The fourth-order valence-electron chi connectivity index (χ4n) is 0.619. The summed E-state index contributed by atoms with van der Waals surface area (Å²) in [6.07, 6.45) is 1.76. The van der Waals surface area contributed by atoms with E-state index in [0.29, 0.717) is 0 Å². The van der Waals surface area contributed by atoms with Crippen LogP contribution < -0.4 is 5.32 Å². The summed E-state index contributed by atoms with van der Waals surface area (Å²) in [5.41, 5.74) is 0.